The highest BCUT2D eigenvalue weighted by Crippen LogP contribution is 2.36. The lowest BCUT2D eigenvalue weighted by Crippen LogP contribution is -2.27. The smallest absolute Gasteiger partial charge is 0.280 e. The maximum absolute atomic E-state index is 13.3. The van der Waals surface area contributed by atoms with Crippen LogP contribution >= 0.6 is 22.9 Å². The van der Waals surface area contributed by atoms with Crippen molar-refractivity contribution in [3.05, 3.63) is 75.0 Å². The first-order chi connectivity index (χ1) is 19.2. The van der Waals surface area contributed by atoms with Gasteiger partial charge in [-0.1, -0.05) is 22.9 Å². The number of thiazole rings is 1. The Morgan fingerprint density at radius 2 is 1.85 bits per heavy atom. The lowest BCUT2D eigenvalue weighted by Gasteiger charge is -2.16. The summed E-state index contributed by atoms with van der Waals surface area (Å²) in [7, 11) is 2.82. The molecule has 0 aliphatic carbocycles. The number of ether oxygens (including phenoxy) is 2. The van der Waals surface area contributed by atoms with E-state index in [1.165, 1.54) is 48.9 Å². The molecule has 0 spiro atoms. The molecule has 5 rings (SSSR count). The fourth-order valence-electron chi connectivity index (χ4n) is 4.18. The number of halogens is 3. The average molecular weight is 587 g/mol. The van der Waals surface area contributed by atoms with Crippen LogP contribution in [0.5, 0.6) is 11.5 Å². The molecule has 5 heterocycles. The van der Waals surface area contributed by atoms with Gasteiger partial charge in [-0.05, 0) is 19.1 Å². The average Bonchev–Trinajstić information content (AvgIpc) is 3.51. The molecular formula is C26H21ClF2N6O4S. The van der Waals surface area contributed by atoms with Crippen molar-refractivity contribution >= 4 is 39.9 Å². The van der Waals surface area contributed by atoms with E-state index in [0.29, 0.717) is 33.4 Å². The van der Waals surface area contributed by atoms with Crippen molar-refractivity contribution in [3.8, 4) is 22.6 Å². The van der Waals surface area contributed by atoms with Gasteiger partial charge >= 0.3 is 0 Å². The summed E-state index contributed by atoms with van der Waals surface area (Å²) in [4.78, 5) is 45.1. The zero-order valence-corrected chi connectivity index (χ0v) is 22.9. The Balaban J connectivity index is 1.35. The molecule has 0 unspecified atom stereocenters. The first kappa shape index (κ1) is 27.3. The van der Waals surface area contributed by atoms with Crippen LogP contribution in [0.4, 0.5) is 13.9 Å². The highest BCUT2D eigenvalue weighted by Gasteiger charge is 2.30. The first-order valence-corrected chi connectivity index (χ1v) is 13.0. The van der Waals surface area contributed by atoms with Crippen molar-refractivity contribution < 1.29 is 27.8 Å². The fraction of sp³-hybridized carbons (Fsp3) is 0.231. The van der Waals surface area contributed by atoms with E-state index in [-0.39, 0.29) is 35.2 Å². The first-order valence-electron chi connectivity index (χ1n) is 11.8. The van der Waals surface area contributed by atoms with Crippen molar-refractivity contribution in [3.63, 3.8) is 0 Å². The number of nitrogens with one attached hydrogen (secondary N) is 1. The van der Waals surface area contributed by atoms with Gasteiger partial charge in [-0.15, -0.1) is 0 Å². The van der Waals surface area contributed by atoms with E-state index in [1.807, 2.05) is 0 Å². The maximum Gasteiger partial charge on any atom is 0.280 e. The molecule has 0 atom stereocenters. The number of carbonyl (C=O) groups excluding carboxylic acids is 2. The summed E-state index contributed by atoms with van der Waals surface area (Å²) in [5, 5.41) is 3.38. The van der Waals surface area contributed by atoms with Gasteiger partial charge < -0.3 is 14.4 Å². The Bertz CT molecular complexity index is 1610. The Labute approximate surface area is 236 Å². The van der Waals surface area contributed by atoms with Crippen LogP contribution in [0.2, 0.25) is 5.15 Å². The molecule has 1 aliphatic rings. The number of alkyl halides is 2. The number of methoxy groups -OCH3 is 2. The van der Waals surface area contributed by atoms with Crippen LogP contribution in [-0.2, 0) is 13.1 Å². The number of pyridine rings is 3. The van der Waals surface area contributed by atoms with Gasteiger partial charge in [0.05, 0.1) is 49.6 Å². The lowest BCUT2D eigenvalue weighted by molar-refractivity contribution is 0.0742. The van der Waals surface area contributed by atoms with Crippen LogP contribution in [-0.4, -0.2) is 50.9 Å². The van der Waals surface area contributed by atoms with E-state index in [0.717, 1.165) is 10.9 Å². The Morgan fingerprint density at radius 1 is 1.05 bits per heavy atom. The molecule has 10 nitrogen and oxygen atoms in total. The van der Waals surface area contributed by atoms with Gasteiger partial charge in [-0.3, -0.25) is 19.9 Å². The molecular weight excluding hydrogens is 566 g/mol. The summed E-state index contributed by atoms with van der Waals surface area (Å²) < 4.78 is 36.9. The van der Waals surface area contributed by atoms with Crippen molar-refractivity contribution in [2.45, 2.75) is 26.4 Å². The van der Waals surface area contributed by atoms with Crippen molar-refractivity contribution in [1.82, 2.24) is 24.8 Å². The molecule has 4 aromatic heterocycles. The molecule has 40 heavy (non-hydrogen) atoms. The van der Waals surface area contributed by atoms with Crippen LogP contribution in [0.1, 0.15) is 49.2 Å². The third-order valence-electron chi connectivity index (χ3n) is 6.09. The van der Waals surface area contributed by atoms with Gasteiger partial charge in [0.2, 0.25) is 0 Å². The minimum absolute atomic E-state index is 0.113. The highest BCUT2D eigenvalue weighted by molar-refractivity contribution is 7.16. The number of amides is 2. The third-order valence-corrected chi connectivity index (χ3v) is 7.29. The molecule has 4 aromatic rings. The number of aromatic nitrogens is 4. The predicted molar refractivity (Wildman–Crippen MR) is 143 cm³/mol. The Morgan fingerprint density at radius 3 is 2.55 bits per heavy atom. The lowest BCUT2D eigenvalue weighted by atomic mass is 10.0. The fourth-order valence-corrected chi connectivity index (χ4v) is 5.32. The minimum Gasteiger partial charge on any atom is -0.497 e. The zero-order valence-electron chi connectivity index (χ0n) is 21.4. The Hall–Kier alpha value is -4.23. The van der Waals surface area contributed by atoms with Crippen molar-refractivity contribution in [2.24, 2.45) is 0 Å². The largest absolute Gasteiger partial charge is 0.497 e. The quantitative estimate of drug-likeness (QED) is 0.289. The molecule has 206 valence electrons. The number of nitrogens with zero attached hydrogens (tertiary/aromatic N) is 5. The third kappa shape index (κ3) is 5.42. The van der Waals surface area contributed by atoms with Crippen LogP contribution in [0.15, 0.2) is 36.7 Å². The van der Waals surface area contributed by atoms with Crippen LogP contribution in [0.25, 0.3) is 11.1 Å². The zero-order chi connectivity index (χ0) is 28.6. The van der Waals surface area contributed by atoms with Gasteiger partial charge in [0.25, 0.3) is 18.2 Å². The summed E-state index contributed by atoms with van der Waals surface area (Å²) in [5.74, 6) is -0.425. The number of carbonyl (C=O) groups is 2. The summed E-state index contributed by atoms with van der Waals surface area (Å²) >= 11 is 7.33. The molecule has 0 radical (unpaired) electrons. The van der Waals surface area contributed by atoms with E-state index in [4.69, 9.17) is 21.1 Å². The number of anilines is 1. The Kier molecular flexibility index (Phi) is 7.59. The van der Waals surface area contributed by atoms with E-state index in [1.54, 1.807) is 19.1 Å². The summed E-state index contributed by atoms with van der Waals surface area (Å²) in [6.45, 7) is 2.12. The summed E-state index contributed by atoms with van der Waals surface area (Å²) in [6, 6.07) is 5.77. The number of aryl methyl sites for hydroxylation is 1. The number of hydrogen-bond donors (Lipinski definition) is 1. The van der Waals surface area contributed by atoms with Crippen molar-refractivity contribution in [2.75, 3.05) is 19.5 Å². The van der Waals surface area contributed by atoms with Gasteiger partial charge in [-0.25, -0.2) is 23.7 Å². The SMILES string of the molecule is COc1cc(C(=O)N2Cc3nc(NC(=O)c4cnc(C)cc4-c4cc(Cl)ncc4OC)sc3C2)nc(C(F)F)c1. The molecule has 0 saturated heterocycles. The normalized spacial score (nSPS) is 12.4. The number of rotatable bonds is 7. The van der Waals surface area contributed by atoms with Crippen LogP contribution in [0.3, 0.4) is 0 Å². The standard InChI is InChI=1S/C26H21ClF2N6O4S/c1-12-4-14(15-7-22(27)31-9-20(15)39-3)16(8-30-12)24(36)34-26-33-19-10-35(11-21(19)40-26)25(37)18-6-13(38-2)5-17(32-18)23(28)29/h4-9,23H,10-11H2,1-3H3,(H,33,34,36). The minimum atomic E-state index is -2.85. The van der Waals surface area contributed by atoms with Crippen LogP contribution < -0.4 is 14.8 Å². The summed E-state index contributed by atoms with van der Waals surface area (Å²) in [6.07, 6.45) is 0.0863. The molecule has 1 aliphatic heterocycles. The maximum atomic E-state index is 13.3. The molecule has 0 aromatic carbocycles. The van der Waals surface area contributed by atoms with E-state index < -0.39 is 23.9 Å². The second kappa shape index (κ2) is 11.1. The van der Waals surface area contributed by atoms with E-state index >= 15 is 0 Å². The summed E-state index contributed by atoms with van der Waals surface area (Å²) in [5.41, 5.74) is 2.00. The van der Waals surface area contributed by atoms with E-state index in [2.05, 4.69) is 25.3 Å². The van der Waals surface area contributed by atoms with E-state index in [9.17, 15) is 18.4 Å². The second-order valence-electron chi connectivity index (χ2n) is 8.70. The second-order valence-corrected chi connectivity index (χ2v) is 10.2. The van der Waals surface area contributed by atoms with Gasteiger partial charge in [-0.2, -0.15) is 0 Å². The van der Waals surface area contributed by atoms with Gasteiger partial charge in [0.15, 0.2) is 5.13 Å². The molecule has 0 bridgehead atoms. The van der Waals surface area contributed by atoms with Crippen molar-refractivity contribution in [1.29, 1.82) is 0 Å². The van der Waals surface area contributed by atoms with Gasteiger partial charge in [0.1, 0.15) is 28.0 Å². The topological polar surface area (TPSA) is 119 Å². The number of fused-ring (bicyclic) bond motifs is 1. The monoisotopic (exact) mass is 586 g/mol. The molecule has 0 fully saturated rings. The van der Waals surface area contributed by atoms with Gasteiger partial charge in [0, 0.05) is 35.2 Å². The molecule has 0 saturated carbocycles. The predicted octanol–water partition coefficient (Wildman–Crippen LogP) is 5.32. The highest BCUT2D eigenvalue weighted by atomic mass is 35.5. The molecule has 1 N–H and O–H groups in total. The molecule has 2 amide bonds. The molecule has 14 heteroatoms. The number of hydrogen-bond acceptors (Lipinski definition) is 9. The van der Waals surface area contributed by atoms with Crippen LogP contribution in [0, 0.1) is 6.92 Å².